The molecule has 0 aliphatic carbocycles. The normalized spacial score (nSPS) is 11.2. The highest BCUT2D eigenvalue weighted by molar-refractivity contribution is 7.99. The van der Waals surface area contributed by atoms with Crippen molar-refractivity contribution in [1.29, 1.82) is 0 Å². The predicted molar refractivity (Wildman–Crippen MR) is 110 cm³/mol. The van der Waals surface area contributed by atoms with E-state index >= 15 is 0 Å². The monoisotopic (exact) mass is 375 g/mol. The molecule has 3 aromatic rings. The Morgan fingerprint density at radius 1 is 0.852 bits per heavy atom. The average Bonchev–Trinajstić information content (AvgIpc) is 2.70. The molecule has 0 saturated heterocycles. The molecule has 4 heteroatoms. The van der Waals surface area contributed by atoms with E-state index in [0.29, 0.717) is 6.42 Å². The van der Waals surface area contributed by atoms with Crippen molar-refractivity contribution in [3.63, 3.8) is 0 Å². The van der Waals surface area contributed by atoms with Crippen LogP contribution in [0.4, 0.5) is 0 Å². The van der Waals surface area contributed by atoms with Gasteiger partial charge in [0, 0.05) is 16.7 Å². The molecule has 0 radical (unpaired) electrons. The number of carbonyl (C=O) groups excluding carboxylic acids is 1. The van der Waals surface area contributed by atoms with Crippen molar-refractivity contribution in [2.45, 2.75) is 29.6 Å². The van der Waals surface area contributed by atoms with Crippen molar-refractivity contribution in [3.8, 4) is 0 Å². The lowest BCUT2D eigenvalue weighted by atomic mass is 10.0. The summed E-state index contributed by atoms with van der Waals surface area (Å²) >= 11 is 1.71. The Labute approximate surface area is 164 Å². The van der Waals surface area contributed by atoms with Gasteiger partial charge in [-0.05, 0) is 48.2 Å². The molecule has 136 valence electrons. The zero-order chi connectivity index (χ0) is 18.9. The fourth-order valence-corrected chi connectivity index (χ4v) is 3.45. The van der Waals surface area contributed by atoms with Crippen molar-refractivity contribution in [2.75, 3.05) is 0 Å². The van der Waals surface area contributed by atoms with Crippen molar-refractivity contribution in [1.82, 2.24) is 0 Å². The summed E-state index contributed by atoms with van der Waals surface area (Å²) in [6.45, 7) is 1.36. The Hall–Kier alpha value is -2.85. The zero-order valence-corrected chi connectivity index (χ0v) is 16.0. The molecule has 0 unspecified atom stereocenters. The standard InChI is InChI=1S/C23H21NO2S/c1-18(25)26-24-23(17-12-19-8-4-2-5-9-19)20-13-15-22(16-14-20)27-21-10-6-3-7-11-21/h2-11,13-16H,12,17H2,1H3. The molecule has 0 aliphatic heterocycles. The van der Waals surface area contributed by atoms with Gasteiger partial charge in [0.1, 0.15) is 0 Å². The van der Waals surface area contributed by atoms with E-state index in [1.807, 2.05) is 48.5 Å². The first-order valence-electron chi connectivity index (χ1n) is 8.82. The SMILES string of the molecule is CC(=O)ON=C(CCc1ccccc1)c1ccc(Sc2ccccc2)cc1. The van der Waals surface area contributed by atoms with Gasteiger partial charge in [-0.25, -0.2) is 4.79 Å². The third-order valence-electron chi connectivity index (χ3n) is 3.94. The van der Waals surface area contributed by atoms with Gasteiger partial charge in [-0.3, -0.25) is 0 Å². The van der Waals surface area contributed by atoms with Gasteiger partial charge in [-0.2, -0.15) is 0 Å². The van der Waals surface area contributed by atoms with Crippen LogP contribution in [0.3, 0.4) is 0 Å². The van der Waals surface area contributed by atoms with Crippen LogP contribution in [0.2, 0.25) is 0 Å². The van der Waals surface area contributed by atoms with Crippen LogP contribution in [0, 0.1) is 0 Å². The number of rotatable bonds is 7. The van der Waals surface area contributed by atoms with Crippen LogP contribution < -0.4 is 0 Å². The molecule has 0 aliphatic rings. The maximum Gasteiger partial charge on any atom is 0.331 e. The first-order valence-corrected chi connectivity index (χ1v) is 9.64. The lowest BCUT2D eigenvalue weighted by Gasteiger charge is -2.08. The van der Waals surface area contributed by atoms with Gasteiger partial charge in [0.25, 0.3) is 0 Å². The van der Waals surface area contributed by atoms with Crippen LogP contribution in [-0.2, 0) is 16.1 Å². The summed E-state index contributed by atoms with van der Waals surface area (Å²) in [5, 5.41) is 4.08. The summed E-state index contributed by atoms with van der Waals surface area (Å²) in [6, 6.07) is 28.7. The molecule has 0 bridgehead atoms. The summed E-state index contributed by atoms with van der Waals surface area (Å²) < 4.78 is 0. The summed E-state index contributed by atoms with van der Waals surface area (Å²) in [5.41, 5.74) is 2.96. The smallest absolute Gasteiger partial charge is 0.318 e. The van der Waals surface area contributed by atoms with E-state index in [1.54, 1.807) is 11.8 Å². The van der Waals surface area contributed by atoms with Crippen LogP contribution >= 0.6 is 11.8 Å². The average molecular weight is 375 g/mol. The number of oxime groups is 1. The number of nitrogens with zero attached hydrogens (tertiary/aromatic N) is 1. The number of carbonyl (C=O) groups is 1. The van der Waals surface area contributed by atoms with E-state index in [4.69, 9.17) is 4.84 Å². The second-order valence-corrected chi connectivity index (χ2v) is 7.19. The molecule has 0 fully saturated rings. The van der Waals surface area contributed by atoms with Crippen LogP contribution in [0.15, 0.2) is 99.9 Å². The quantitative estimate of drug-likeness (QED) is 0.300. The summed E-state index contributed by atoms with van der Waals surface area (Å²) in [5.74, 6) is -0.413. The maximum absolute atomic E-state index is 11.2. The lowest BCUT2D eigenvalue weighted by Crippen LogP contribution is -2.06. The Balaban J connectivity index is 1.73. The number of hydrogen-bond donors (Lipinski definition) is 0. The minimum Gasteiger partial charge on any atom is -0.318 e. The lowest BCUT2D eigenvalue weighted by molar-refractivity contribution is -0.140. The molecule has 0 saturated carbocycles. The van der Waals surface area contributed by atoms with Gasteiger partial charge in [0.2, 0.25) is 0 Å². The second-order valence-electron chi connectivity index (χ2n) is 6.05. The molecular formula is C23H21NO2S. The molecule has 0 aromatic heterocycles. The van der Waals surface area contributed by atoms with E-state index < -0.39 is 5.97 Å². The predicted octanol–water partition coefficient (Wildman–Crippen LogP) is 5.74. The topological polar surface area (TPSA) is 38.7 Å². The molecular weight excluding hydrogens is 354 g/mol. The fraction of sp³-hybridized carbons (Fsp3) is 0.130. The largest absolute Gasteiger partial charge is 0.331 e. The minimum absolute atomic E-state index is 0.413. The third kappa shape index (κ3) is 6.12. The van der Waals surface area contributed by atoms with Gasteiger partial charge in [-0.15, -0.1) is 0 Å². The van der Waals surface area contributed by atoms with Gasteiger partial charge in [-0.1, -0.05) is 77.6 Å². The first kappa shape index (κ1) is 18.9. The molecule has 0 heterocycles. The van der Waals surface area contributed by atoms with E-state index in [2.05, 4.69) is 41.6 Å². The van der Waals surface area contributed by atoms with E-state index in [9.17, 15) is 4.79 Å². The molecule has 3 rings (SSSR count). The maximum atomic E-state index is 11.2. The number of hydrogen-bond acceptors (Lipinski definition) is 4. The van der Waals surface area contributed by atoms with Crippen molar-refractivity contribution in [3.05, 3.63) is 96.1 Å². The van der Waals surface area contributed by atoms with Crippen LogP contribution in [0.25, 0.3) is 0 Å². The van der Waals surface area contributed by atoms with E-state index in [1.165, 1.54) is 17.4 Å². The molecule has 3 nitrogen and oxygen atoms in total. The Morgan fingerprint density at radius 3 is 2.07 bits per heavy atom. The minimum atomic E-state index is -0.413. The highest BCUT2D eigenvalue weighted by atomic mass is 32.2. The highest BCUT2D eigenvalue weighted by Crippen LogP contribution is 2.27. The van der Waals surface area contributed by atoms with Crippen molar-refractivity contribution < 1.29 is 9.63 Å². The zero-order valence-electron chi connectivity index (χ0n) is 15.2. The van der Waals surface area contributed by atoms with E-state index in [-0.39, 0.29) is 0 Å². The molecule has 0 amide bonds. The first-order chi connectivity index (χ1) is 13.2. The number of aryl methyl sites for hydroxylation is 1. The Kier molecular flexibility index (Phi) is 6.83. The van der Waals surface area contributed by atoms with Crippen LogP contribution in [-0.4, -0.2) is 11.7 Å². The molecule has 0 N–H and O–H groups in total. The number of benzene rings is 3. The molecule has 0 spiro atoms. The summed E-state index contributed by atoms with van der Waals surface area (Å²) in [4.78, 5) is 18.4. The molecule has 0 atom stereocenters. The Bertz CT molecular complexity index is 891. The van der Waals surface area contributed by atoms with Gasteiger partial charge < -0.3 is 4.84 Å². The van der Waals surface area contributed by atoms with Crippen molar-refractivity contribution >= 4 is 23.4 Å². The highest BCUT2D eigenvalue weighted by Gasteiger charge is 2.07. The second kappa shape index (κ2) is 9.74. The van der Waals surface area contributed by atoms with Crippen molar-refractivity contribution in [2.24, 2.45) is 5.16 Å². The van der Waals surface area contributed by atoms with E-state index in [0.717, 1.165) is 22.6 Å². The fourth-order valence-electron chi connectivity index (χ4n) is 2.61. The summed E-state index contributed by atoms with van der Waals surface area (Å²) in [6.07, 6.45) is 1.53. The third-order valence-corrected chi connectivity index (χ3v) is 4.96. The van der Waals surface area contributed by atoms with Gasteiger partial charge in [0.15, 0.2) is 0 Å². The van der Waals surface area contributed by atoms with Crippen LogP contribution in [0.1, 0.15) is 24.5 Å². The van der Waals surface area contributed by atoms with Gasteiger partial charge in [0.05, 0.1) is 5.71 Å². The van der Waals surface area contributed by atoms with Gasteiger partial charge >= 0.3 is 5.97 Å². The summed E-state index contributed by atoms with van der Waals surface area (Å²) in [7, 11) is 0. The Morgan fingerprint density at radius 2 is 1.44 bits per heavy atom. The van der Waals surface area contributed by atoms with Crippen LogP contribution in [0.5, 0.6) is 0 Å². The molecule has 3 aromatic carbocycles. The molecule has 27 heavy (non-hydrogen) atoms.